The lowest BCUT2D eigenvalue weighted by Crippen LogP contribution is -2.02. The van der Waals surface area contributed by atoms with E-state index in [2.05, 4.69) is 22.6 Å². The highest BCUT2D eigenvalue weighted by atomic mass is 127. The van der Waals surface area contributed by atoms with Crippen LogP contribution in [0.15, 0.2) is 42.5 Å². The molecule has 0 bridgehead atoms. The molecule has 2 aromatic rings. The van der Waals surface area contributed by atoms with Crippen LogP contribution in [0, 0.1) is 9.39 Å². The minimum atomic E-state index is -0.404. The number of halogens is 2. The van der Waals surface area contributed by atoms with Gasteiger partial charge in [-0.2, -0.15) is 0 Å². The molecule has 4 heteroatoms. The molecular weight excluding hydrogens is 332 g/mol. The number of anilines is 1. The Morgan fingerprint density at radius 3 is 2.65 bits per heavy atom. The second kappa shape index (κ2) is 5.35. The van der Waals surface area contributed by atoms with Crippen LogP contribution in [0.5, 0.6) is 5.75 Å². The van der Waals surface area contributed by atoms with E-state index >= 15 is 0 Å². The molecule has 2 nitrogen and oxygen atoms in total. The maximum Gasteiger partial charge on any atom is 0.152 e. The van der Waals surface area contributed by atoms with Gasteiger partial charge in [0.05, 0.1) is 9.26 Å². The molecule has 0 unspecified atom stereocenters. The second-order valence-electron chi connectivity index (χ2n) is 3.54. The molecule has 2 aromatic carbocycles. The highest BCUT2D eigenvalue weighted by Gasteiger charge is 2.06. The number of rotatable bonds is 3. The van der Waals surface area contributed by atoms with E-state index in [1.54, 1.807) is 12.1 Å². The summed E-state index contributed by atoms with van der Waals surface area (Å²) in [5.41, 5.74) is 6.10. The van der Waals surface area contributed by atoms with Crippen LogP contribution < -0.4 is 10.5 Å². The molecule has 0 saturated heterocycles. The lowest BCUT2D eigenvalue weighted by atomic mass is 10.2. The van der Waals surface area contributed by atoms with Crippen molar-refractivity contribution in [2.24, 2.45) is 0 Å². The minimum absolute atomic E-state index is 0.147. The largest absolute Gasteiger partial charge is 0.488 e. The van der Waals surface area contributed by atoms with Gasteiger partial charge in [-0.25, -0.2) is 4.39 Å². The summed E-state index contributed by atoms with van der Waals surface area (Å²) in [6.45, 7) is 0.177. The van der Waals surface area contributed by atoms with Gasteiger partial charge in [0.15, 0.2) is 5.82 Å². The Labute approximate surface area is 113 Å². The van der Waals surface area contributed by atoms with E-state index in [-0.39, 0.29) is 12.3 Å². The molecule has 0 fully saturated rings. The summed E-state index contributed by atoms with van der Waals surface area (Å²) < 4.78 is 20.1. The zero-order valence-electron chi connectivity index (χ0n) is 8.99. The fourth-order valence-electron chi connectivity index (χ4n) is 1.43. The SMILES string of the molecule is Nc1cccc(COc2ccccc2I)c1F. The van der Waals surface area contributed by atoms with Crippen molar-refractivity contribution in [3.05, 3.63) is 57.4 Å². The van der Waals surface area contributed by atoms with Crippen LogP contribution in [-0.4, -0.2) is 0 Å². The first kappa shape index (κ1) is 12.2. The van der Waals surface area contributed by atoms with Crippen molar-refractivity contribution >= 4 is 28.3 Å². The second-order valence-corrected chi connectivity index (χ2v) is 4.70. The molecule has 0 aromatic heterocycles. The zero-order chi connectivity index (χ0) is 12.3. The van der Waals surface area contributed by atoms with Crippen LogP contribution in [0.25, 0.3) is 0 Å². The molecule has 0 heterocycles. The molecule has 2 rings (SSSR count). The zero-order valence-corrected chi connectivity index (χ0v) is 11.1. The summed E-state index contributed by atoms with van der Waals surface area (Å²) in [5.74, 6) is 0.341. The van der Waals surface area contributed by atoms with E-state index in [0.717, 1.165) is 9.32 Å². The molecule has 0 amide bonds. The monoisotopic (exact) mass is 343 g/mol. The fraction of sp³-hybridized carbons (Fsp3) is 0.0769. The van der Waals surface area contributed by atoms with E-state index in [9.17, 15) is 4.39 Å². The Kier molecular flexibility index (Phi) is 3.83. The Morgan fingerprint density at radius 2 is 1.88 bits per heavy atom. The van der Waals surface area contributed by atoms with Crippen molar-refractivity contribution in [2.75, 3.05) is 5.73 Å². The normalized spacial score (nSPS) is 10.2. The third-order valence-corrected chi connectivity index (χ3v) is 3.22. The van der Waals surface area contributed by atoms with Crippen molar-refractivity contribution in [3.63, 3.8) is 0 Å². The standard InChI is InChI=1S/C13H11FINO/c14-13-9(4-3-6-11(13)16)8-17-12-7-2-1-5-10(12)15/h1-7H,8,16H2. The fourth-order valence-corrected chi connectivity index (χ4v) is 1.97. The van der Waals surface area contributed by atoms with Gasteiger partial charge < -0.3 is 10.5 Å². The number of nitrogens with two attached hydrogens (primary N) is 1. The first-order valence-corrected chi connectivity index (χ1v) is 6.16. The van der Waals surface area contributed by atoms with E-state index in [0.29, 0.717) is 5.56 Å². The van der Waals surface area contributed by atoms with Gasteiger partial charge in [0.25, 0.3) is 0 Å². The van der Waals surface area contributed by atoms with Crippen molar-refractivity contribution in [2.45, 2.75) is 6.61 Å². The smallest absolute Gasteiger partial charge is 0.152 e. The minimum Gasteiger partial charge on any atom is -0.488 e. The molecule has 0 saturated carbocycles. The number of benzene rings is 2. The van der Waals surface area contributed by atoms with Gasteiger partial charge in [-0.15, -0.1) is 0 Å². The molecule has 0 aliphatic heterocycles. The predicted molar refractivity (Wildman–Crippen MR) is 74.3 cm³/mol. The number of hydrogen-bond acceptors (Lipinski definition) is 2. The van der Waals surface area contributed by atoms with E-state index in [1.807, 2.05) is 24.3 Å². The maximum absolute atomic E-state index is 13.6. The number of nitrogen functional groups attached to an aromatic ring is 1. The quantitative estimate of drug-likeness (QED) is 0.683. The summed E-state index contributed by atoms with van der Waals surface area (Å²) >= 11 is 2.18. The lowest BCUT2D eigenvalue weighted by Gasteiger charge is -2.09. The Morgan fingerprint density at radius 1 is 1.12 bits per heavy atom. The van der Waals surface area contributed by atoms with Crippen LogP contribution in [0.3, 0.4) is 0 Å². The predicted octanol–water partition coefficient (Wildman–Crippen LogP) is 3.59. The molecule has 0 aliphatic rings. The van der Waals surface area contributed by atoms with E-state index in [1.165, 1.54) is 6.07 Å². The summed E-state index contributed by atoms with van der Waals surface area (Å²) in [6.07, 6.45) is 0. The van der Waals surface area contributed by atoms with E-state index < -0.39 is 5.82 Å². The topological polar surface area (TPSA) is 35.2 Å². The van der Waals surface area contributed by atoms with Gasteiger partial charge in [-0.1, -0.05) is 24.3 Å². The first-order chi connectivity index (χ1) is 8.18. The van der Waals surface area contributed by atoms with Crippen molar-refractivity contribution in [3.8, 4) is 5.75 Å². The van der Waals surface area contributed by atoms with Crippen molar-refractivity contribution in [1.82, 2.24) is 0 Å². The van der Waals surface area contributed by atoms with Gasteiger partial charge in [-0.05, 0) is 40.8 Å². The highest BCUT2D eigenvalue weighted by molar-refractivity contribution is 14.1. The van der Waals surface area contributed by atoms with Gasteiger partial charge in [0.2, 0.25) is 0 Å². The molecule has 2 N–H and O–H groups in total. The van der Waals surface area contributed by atoms with Gasteiger partial charge in [0.1, 0.15) is 12.4 Å². The summed E-state index contributed by atoms with van der Waals surface area (Å²) in [7, 11) is 0. The van der Waals surface area contributed by atoms with Gasteiger partial charge >= 0.3 is 0 Å². The summed E-state index contributed by atoms with van der Waals surface area (Å²) in [4.78, 5) is 0. The molecule has 0 spiro atoms. The molecule has 0 aliphatic carbocycles. The summed E-state index contributed by atoms with van der Waals surface area (Å²) in [5, 5.41) is 0. The average Bonchev–Trinajstić information content (AvgIpc) is 2.33. The molecule has 17 heavy (non-hydrogen) atoms. The third-order valence-electron chi connectivity index (χ3n) is 2.33. The third kappa shape index (κ3) is 2.88. The summed E-state index contributed by atoms with van der Waals surface area (Å²) in [6, 6.07) is 12.5. The lowest BCUT2D eigenvalue weighted by molar-refractivity contribution is 0.298. The van der Waals surface area contributed by atoms with Gasteiger partial charge in [-0.3, -0.25) is 0 Å². The van der Waals surface area contributed by atoms with Crippen LogP contribution in [0.2, 0.25) is 0 Å². The first-order valence-electron chi connectivity index (χ1n) is 5.08. The van der Waals surface area contributed by atoms with Crippen molar-refractivity contribution in [1.29, 1.82) is 0 Å². The number of ether oxygens (including phenoxy) is 1. The Bertz CT molecular complexity index is 531. The van der Waals surface area contributed by atoms with Gasteiger partial charge in [0, 0.05) is 5.56 Å². The van der Waals surface area contributed by atoms with Crippen LogP contribution in [0.4, 0.5) is 10.1 Å². The molecule has 88 valence electrons. The molecular formula is C13H11FINO. The average molecular weight is 343 g/mol. The van der Waals surface area contributed by atoms with E-state index in [4.69, 9.17) is 10.5 Å². The number of para-hydroxylation sites is 1. The Balaban J connectivity index is 2.13. The van der Waals surface area contributed by atoms with Crippen molar-refractivity contribution < 1.29 is 9.13 Å². The Hall–Kier alpha value is -1.30. The van der Waals surface area contributed by atoms with Crippen LogP contribution in [-0.2, 0) is 6.61 Å². The maximum atomic E-state index is 13.6. The van der Waals surface area contributed by atoms with Crippen LogP contribution >= 0.6 is 22.6 Å². The van der Waals surface area contributed by atoms with Crippen LogP contribution in [0.1, 0.15) is 5.56 Å². The number of hydrogen-bond donors (Lipinski definition) is 1. The molecule has 0 radical (unpaired) electrons. The highest BCUT2D eigenvalue weighted by Crippen LogP contribution is 2.22. The molecule has 0 atom stereocenters.